The number of fused-ring (bicyclic) bond motifs is 1. The van der Waals surface area contributed by atoms with Crippen LogP contribution in [0.1, 0.15) is 32.9 Å². The molecular weight excluding hydrogens is 292 g/mol. The molecule has 1 aliphatic carbocycles. The summed E-state index contributed by atoms with van der Waals surface area (Å²) < 4.78 is 1.70. The zero-order valence-electron chi connectivity index (χ0n) is 14.2. The molecule has 2 atom stereocenters. The molecule has 23 heavy (non-hydrogen) atoms. The number of carbonyl (C=O) groups excluding carboxylic acids is 2. The van der Waals surface area contributed by atoms with Crippen LogP contribution in [-0.2, 0) is 22.1 Å². The van der Waals surface area contributed by atoms with Crippen LogP contribution in [0, 0.1) is 11.3 Å². The standard InChI is InChI=1S/C17H24N4O2/c1-6-14(22)21-9-11-8-17(11,10-21)15(23)18-13-7-12(16(2,3)4)19-20(13)5/h6-7,11H,1,8-10H2,2-5H3,(H,18,23). The van der Waals surface area contributed by atoms with Gasteiger partial charge in [-0.15, -0.1) is 0 Å². The van der Waals surface area contributed by atoms with Gasteiger partial charge in [0.1, 0.15) is 5.82 Å². The Morgan fingerprint density at radius 1 is 1.48 bits per heavy atom. The van der Waals surface area contributed by atoms with Crippen LogP contribution in [0.3, 0.4) is 0 Å². The summed E-state index contributed by atoms with van der Waals surface area (Å²) in [6, 6.07) is 1.92. The second-order valence-corrected chi connectivity index (χ2v) is 7.72. The van der Waals surface area contributed by atoms with E-state index in [1.807, 2.05) is 13.1 Å². The first-order valence-electron chi connectivity index (χ1n) is 7.95. The molecule has 1 aliphatic heterocycles. The summed E-state index contributed by atoms with van der Waals surface area (Å²) in [5, 5.41) is 7.48. The molecule has 0 radical (unpaired) electrons. The minimum Gasteiger partial charge on any atom is -0.338 e. The largest absolute Gasteiger partial charge is 0.338 e. The second-order valence-electron chi connectivity index (χ2n) is 7.72. The fraction of sp³-hybridized carbons (Fsp3) is 0.588. The molecule has 2 fully saturated rings. The fourth-order valence-electron chi connectivity index (χ4n) is 3.32. The maximum absolute atomic E-state index is 12.7. The number of nitrogens with one attached hydrogen (secondary N) is 1. The van der Waals surface area contributed by atoms with Crippen LogP contribution in [0.2, 0.25) is 0 Å². The first-order valence-corrected chi connectivity index (χ1v) is 7.95. The molecule has 124 valence electrons. The maximum Gasteiger partial charge on any atom is 0.245 e. The summed E-state index contributed by atoms with van der Waals surface area (Å²) in [6.45, 7) is 10.9. The van der Waals surface area contributed by atoms with Crippen LogP contribution in [0.5, 0.6) is 0 Å². The quantitative estimate of drug-likeness (QED) is 0.863. The SMILES string of the molecule is C=CC(=O)N1CC2CC2(C(=O)Nc2cc(C(C)(C)C)nn2C)C1. The van der Waals surface area contributed by atoms with Crippen LogP contribution in [0.25, 0.3) is 0 Å². The van der Waals surface area contributed by atoms with E-state index in [2.05, 4.69) is 37.8 Å². The molecule has 0 spiro atoms. The van der Waals surface area contributed by atoms with E-state index >= 15 is 0 Å². The Morgan fingerprint density at radius 2 is 2.17 bits per heavy atom. The average Bonchev–Trinajstić information content (AvgIpc) is 2.84. The molecule has 6 nitrogen and oxygen atoms in total. The van der Waals surface area contributed by atoms with Crippen LogP contribution in [0.15, 0.2) is 18.7 Å². The number of aryl methyl sites for hydroxylation is 1. The van der Waals surface area contributed by atoms with Crippen LogP contribution < -0.4 is 5.32 Å². The lowest BCUT2D eigenvalue weighted by Gasteiger charge is -2.19. The van der Waals surface area contributed by atoms with Crippen molar-refractivity contribution in [3.8, 4) is 0 Å². The van der Waals surface area contributed by atoms with Gasteiger partial charge in [0.15, 0.2) is 0 Å². The van der Waals surface area contributed by atoms with Gasteiger partial charge in [-0.05, 0) is 18.4 Å². The van der Waals surface area contributed by atoms with Crippen molar-refractivity contribution in [3.05, 3.63) is 24.4 Å². The number of hydrogen-bond acceptors (Lipinski definition) is 3. The van der Waals surface area contributed by atoms with E-state index in [1.54, 1.807) is 9.58 Å². The fourth-order valence-corrected chi connectivity index (χ4v) is 3.32. The van der Waals surface area contributed by atoms with Crippen molar-refractivity contribution in [1.82, 2.24) is 14.7 Å². The molecule has 1 aromatic rings. The Hall–Kier alpha value is -2.11. The van der Waals surface area contributed by atoms with Gasteiger partial charge in [0.05, 0.1) is 11.1 Å². The highest BCUT2D eigenvalue weighted by Gasteiger charge is 2.65. The van der Waals surface area contributed by atoms with Gasteiger partial charge >= 0.3 is 0 Å². The molecule has 1 N–H and O–H groups in total. The van der Waals surface area contributed by atoms with Gasteiger partial charge in [0.25, 0.3) is 0 Å². The predicted molar refractivity (Wildman–Crippen MR) is 87.9 cm³/mol. The van der Waals surface area contributed by atoms with E-state index in [4.69, 9.17) is 0 Å². The first kappa shape index (κ1) is 15.8. The van der Waals surface area contributed by atoms with Crippen molar-refractivity contribution in [2.75, 3.05) is 18.4 Å². The van der Waals surface area contributed by atoms with Crippen molar-refractivity contribution >= 4 is 17.6 Å². The first-order chi connectivity index (χ1) is 10.7. The van der Waals surface area contributed by atoms with Crippen LogP contribution >= 0.6 is 0 Å². The molecule has 0 aromatic carbocycles. The molecule has 0 bridgehead atoms. The molecule has 1 saturated carbocycles. The van der Waals surface area contributed by atoms with Gasteiger partial charge in [-0.1, -0.05) is 27.4 Å². The highest BCUT2D eigenvalue weighted by molar-refractivity contribution is 5.99. The normalized spacial score (nSPS) is 25.9. The van der Waals surface area contributed by atoms with Crippen molar-refractivity contribution < 1.29 is 9.59 Å². The molecule has 2 unspecified atom stereocenters. The zero-order chi connectivity index (χ0) is 17.0. The lowest BCUT2D eigenvalue weighted by Crippen LogP contribution is -2.35. The van der Waals surface area contributed by atoms with Crippen LogP contribution in [0.4, 0.5) is 5.82 Å². The van der Waals surface area contributed by atoms with Crippen molar-refractivity contribution in [2.45, 2.75) is 32.6 Å². The number of aromatic nitrogens is 2. The average molecular weight is 316 g/mol. The number of hydrogen-bond donors (Lipinski definition) is 1. The third-order valence-corrected chi connectivity index (χ3v) is 4.97. The van der Waals surface area contributed by atoms with Crippen molar-refractivity contribution in [3.63, 3.8) is 0 Å². The van der Waals surface area contributed by atoms with E-state index in [1.165, 1.54) is 6.08 Å². The molecule has 1 saturated heterocycles. The number of amides is 2. The highest BCUT2D eigenvalue weighted by Crippen LogP contribution is 2.58. The van der Waals surface area contributed by atoms with Gasteiger partial charge in [0, 0.05) is 31.6 Å². The summed E-state index contributed by atoms with van der Waals surface area (Å²) in [7, 11) is 1.83. The predicted octanol–water partition coefficient (Wildman–Crippen LogP) is 1.69. The summed E-state index contributed by atoms with van der Waals surface area (Å²) in [5.41, 5.74) is 0.446. The Morgan fingerprint density at radius 3 is 2.74 bits per heavy atom. The Balaban J connectivity index is 1.73. The van der Waals surface area contributed by atoms with Crippen molar-refractivity contribution in [2.24, 2.45) is 18.4 Å². The third kappa shape index (κ3) is 2.56. The summed E-state index contributed by atoms with van der Waals surface area (Å²) in [6.07, 6.45) is 2.16. The maximum atomic E-state index is 12.7. The minimum atomic E-state index is -0.426. The highest BCUT2D eigenvalue weighted by atomic mass is 16.2. The summed E-state index contributed by atoms with van der Waals surface area (Å²) in [5.74, 6) is 0.861. The molecule has 2 heterocycles. The number of carbonyl (C=O) groups is 2. The monoisotopic (exact) mass is 316 g/mol. The van der Waals surface area contributed by atoms with E-state index in [9.17, 15) is 9.59 Å². The number of rotatable bonds is 3. The van der Waals surface area contributed by atoms with Gasteiger partial charge in [-0.2, -0.15) is 5.10 Å². The Kier molecular flexibility index (Phi) is 3.39. The summed E-state index contributed by atoms with van der Waals surface area (Å²) >= 11 is 0. The van der Waals surface area contributed by atoms with E-state index < -0.39 is 5.41 Å². The minimum absolute atomic E-state index is 0.00896. The lowest BCUT2D eigenvalue weighted by molar-refractivity contribution is -0.126. The van der Waals surface area contributed by atoms with Gasteiger partial charge in [-0.25, -0.2) is 0 Å². The molecular formula is C17H24N4O2. The van der Waals surface area contributed by atoms with Gasteiger partial charge < -0.3 is 10.2 Å². The number of piperidine rings is 1. The molecule has 2 aliphatic rings. The Labute approximate surface area is 136 Å². The van der Waals surface area contributed by atoms with E-state index in [0.717, 1.165) is 12.1 Å². The number of nitrogens with zero attached hydrogens (tertiary/aromatic N) is 3. The number of likely N-dealkylation sites (tertiary alicyclic amines) is 1. The molecule has 3 rings (SSSR count). The van der Waals surface area contributed by atoms with Gasteiger partial charge in [-0.3, -0.25) is 14.3 Å². The molecule has 1 aromatic heterocycles. The van der Waals surface area contributed by atoms with E-state index in [-0.39, 0.29) is 23.1 Å². The number of anilines is 1. The van der Waals surface area contributed by atoms with Crippen molar-refractivity contribution in [1.29, 1.82) is 0 Å². The summed E-state index contributed by atoms with van der Waals surface area (Å²) in [4.78, 5) is 26.2. The second kappa shape index (κ2) is 4.94. The Bertz CT molecular complexity index is 685. The molecule has 6 heteroatoms. The van der Waals surface area contributed by atoms with Crippen LogP contribution in [-0.4, -0.2) is 39.6 Å². The zero-order valence-corrected chi connectivity index (χ0v) is 14.2. The molecule has 2 amide bonds. The third-order valence-electron chi connectivity index (χ3n) is 4.97. The van der Waals surface area contributed by atoms with E-state index in [0.29, 0.717) is 18.9 Å². The lowest BCUT2D eigenvalue weighted by atomic mass is 9.92. The van der Waals surface area contributed by atoms with Gasteiger partial charge in [0.2, 0.25) is 11.8 Å². The topological polar surface area (TPSA) is 67.2 Å². The smallest absolute Gasteiger partial charge is 0.245 e.